The van der Waals surface area contributed by atoms with Crippen LogP contribution in [-0.2, 0) is 11.2 Å². The standard InChI is InChI=1S/C15H22FNO3/c1-3-15(18,14-10-17-6-7-20-14)9-11-8-12(16)4-5-13(11)19-2/h4-5,8,14,17-18H,3,6-7,9-10H2,1-2H3. The van der Waals surface area contributed by atoms with Gasteiger partial charge in [0.05, 0.1) is 25.4 Å². The van der Waals surface area contributed by atoms with E-state index in [1.807, 2.05) is 6.92 Å². The van der Waals surface area contributed by atoms with E-state index in [1.165, 1.54) is 12.1 Å². The van der Waals surface area contributed by atoms with Crippen LogP contribution in [0.25, 0.3) is 0 Å². The minimum atomic E-state index is -1.03. The molecule has 1 aliphatic heterocycles. The van der Waals surface area contributed by atoms with Crippen molar-refractivity contribution in [3.8, 4) is 5.75 Å². The highest BCUT2D eigenvalue weighted by atomic mass is 19.1. The summed E-state index contributed by atoms with van der Waals surface area (Å²) >= 11 is 0. The minimum absolute atomic E-state index is 0.297. The number of hydrogen-bond acceptors (Lipinski definition) is 4. The van der Waals surface area contributed by atoms with Gasteiger partial charge in [-0.05, 0) is 30.2 Å². The predicted molar refractivity (Wildman–Crippen MR) is 74.5 cm³/mol. The largest absolute Gasteiger partial charge is 0.496 e. The van der Waals surface area contributed by atoms with Gasteiger partial charge in [-0.1, -0.05) is 6.92 Å². The summed E-state index contributed by atoms with van der Waals surface area (Å²) in [4.78, 5) is 0. The molecule has 1 fully saturated rings. The first-order chi connectivity index (χ1) is 9.59. The molecule has 1 aliphatic rings. The second-order valence-corrected chi connectivity index (χ2v) is 5.15. The molecule has 0 amide bonds. The number of methoxy groups -OCH3 is 1. The van der Waals surface area contributed by atoms with Crippen LogP contribution in [-0.4, -0.2) is 43.6 Å². The monoisotopic (exact) mass is 283 g/mol. The smallest absolute Gasteiger partial charge is 0.123 e. The van der Waals surface area contributed by atoms with Crippen molar-refractivity contribution in [1.29, 1.82) is 0 Å². The molecule has 2 atom stereocenters. The third-order valence-corrected chi connectivity index (χ3v) is 3.88. The van der Waals surface area contributed by atoms with E-state index >= 15 is 0 Å². The molecule has 2 N–H and O–H groups in total. The first kappa shape index (κ1) is 15.2. The average molecular weight is 283 g/mol. The van der Waals surface area contributed by atoms with Gasteiger partial charge in [0.2, 0.25) is 0 Å². The summed E-state index contributed by atoms with van der Waals surface area (Å²) < 4.78 is 24.3. The normalized spacial score (nSPS) is 22.3. The zero-order valence-corrected chi connectivity index (χ0v) is 12.0. The lowest BCUT2D eigenvalue weighted by Gasteiger charge is -2.38. The van der Waals surface area contributed by atoms with E-state index in [4.69, 9.17) is 9.47 Å². The predicted octanol–water partition coefficient (Wildman–Crippen LogP) is 1.51. The van der Waals surface area contributed by atoms with E-state index < -0.39 is 5.60 Å². The van der Waals surface area contributed by atoms with Crippen molar-refractivity contribution in [2.24, 2.45) is 0 Å². The molecule has 2 unspecified atom stereocenters. The Kier molecular flexibility index (Phi) is 4.96. The van der Waals surface area contributed by atoms with Crippen LogP contribution in [0.5, 0.6) is 5.75 Å². The third-order valence-electron chi connectivity index (χ3n) is 3.88. The lowest BCUT2D eigenvalue weighted by Crippen LogP contribution is -2.54. The van der Waals surface area contributed by atoms with Gasteiger partial charge in [-0.15, -0.1) is 0 Å². The maximum atomic E-state index is 13.4. The summed E-state index contributed by atoms with van der Waals surface area (Å²) in [5.41, 5.74) is -0.375. The van der Waals surface area contributed by atoms with Crippen LogP contribution in [0.1, 0.15) is 18.9 Å². The topological polar surface area (TPSA) is 50.7 Å². The van der Waals surface area contributed by atoms with E-state index in [0.29, 0.717) is 37.3 Å². The second kappa shape index (κ2) is 6.52. The highest BCUT2D eigenvalue weighted by Gasteiger charge is 2.37. The Morgan fingerprint density at radius 1 is 1.55 bits per heavy atom. The molecule has 1 aromatic rings. The number of morpholine rings is 1. The van der Waals surface area contributed by atoms with Crippen molar-refractivity contribution >= 4 is 0 Å². The molecule has 0 aromatic heterocycles. The van der Waals surface area contributed by atoms with Gasteiger partial charge in [0.25, 0.3) is 0 Å². The van der Waals surface area contributed by atoms with Crippen LogP contribution >= 0.6 is 0 Å². The Hall–Kier alpha value is -1.17. The first-order valence-corrected chi connectivity index (χ1v) is 6.96. The highest BCUT2D eigenvalue weighted by Crippen LogP contribution is 2.29. The summed E-state index contributed by atoms with van der Waals surface area (Å²) in [5, 5.41) is 14.1. The molecule has 112 valence electrons. The van der Waals surface area contributed by atoms with Crippen molar-refractivity contribution in [1.82, 2.24) is 5.32 Å². The minimum Gasteiger partial charge on any atom is -0.496 e. The number of benzene rings is 1. The summed E-state index contributed by atoms with van der Waals surface area (Å²) in [6.07, 6.45) is 0.532. The number of rotatable bonds is 5. The molecule has 5 heteroatoms. The lowest BCUT2D eigenvalue weighted by molar-refractivity contribution is -0.120. The number of nitrogens with one attached hydrogen (secondary N) is 1. The fraction of sp³-hybridized carbons (Fsp3) is 0.600. The molecule has 20 heavy (non-hydrogen) atoms. The quantitative estimate of drug-likeness (QED) is 0.860. The zero-order valence-electron chi connectivity index (χ0n) is 12.0. The van der Waals surface area contributed by atoms with E-state index in [0.717, 1.165) is 6.54 Å². The van der Waals surface area contributed by atoms with Gasteiger partial charge < -0.3 is 19.9 Å². The maximum Gasteiger partial charge on any atom is 0.123 e. The molecule has 0 aliphatic carbocycles. The zero-order chi connectivity index (χ0) is 14.6. The van der Waals surface area contributed by atoms with Crippen LogP contribution in [0.2, 0.25) is 0 Å². The fourth-order valence-corrected chi connectivity index (χ4v) is 2.59. The lowest BCUT2D eigenvalue weighted by atomic mass is 9.85. The van der Waals surface area contributed by atoms with Crippen molar-refractivity contribution in [3.63, 3.8) is 0 Å². The molecular weight excluding hydrogens is 261 g/mol. The number of halogens is 1. The summed E-state index contributed by atoms with van der Waals surface area (Å²) in [7, 11) is 1.54. The summed E-state index contributed by atoms with van der Waals surface area (Å²) in [5.74, 6) is 0.254. The summed E-state index contributed by atoms with van der Waals surface area (Å²) in [6.45, 7) is 3.87. The molecule has 1 saturated heterocycles. The Labute approximate surface area is 118 Å². The maximum absolute atomic E-state index is 13.4. The number of ether oxygens (including phenoxy) is 2. The van der Waals surface area contributed by atoms with Crippen LogP contribution < -0.4 is 10.1 Å². The van der Waals surface area contributed by atoms with Crippen LogP contribution in [0.15, 0.2) is 18.2 Å². The Morgan fingerprint density at radius 2 is 2.35 bits per heavy atom. The molecule has 4 nitrogen and oxygen atoms in total. The Balaban J connectivity index is 2.22. The van der Waals surface area contributed by atoms with Gasteiger partial charge in [0.15, 0.2) is 0 Å². The molecule has 0 spiro atoms. The van der Waals surface area contributed by atoms with Crippen LogP contribution in [0.3, 0.4) is 0 Å². The van der Waals surface area contributed by atoms with Gasteiger partial charge in [0.1, 0.15) is 11.6 Å². The van der Waals surface area contributed by atoms with Crippen LogP contribution in [0.4, 0.5) is 4.39 Å². The first-order valence-electron chi connectivity index (χ1n) is 6.96. The van der Waals surface area contributed by atoms with E-state index in [-0.39, 0.29) is 11.9 Å². The van der Waals surface area contributed by atoms with Crippen molar-refractivity contribution in [2.45, 2.75) is 31.5 Å². The molecular formula is C15H22FNO3. The van der Waals surface area contributed by atoms with Gasteiger partial charge >= 0.3 is 0 Å². The molecule has 0 radical (unpaired) electrons. The third kappa shape index (κ3) is 3.29. The van der Waals surface area contributed by atoms with Gasteiger partial charge in [-0.3, -0.25) is 0 Å². The number of hydrogen-bond donors (Lipinski definition) is 2. The van der Waals surface area contributed by atoms with Crippen molar-refractivity contribution in [2.75, 3.05) is 26.8 Å². The average Bonchev–Trinajstić information content (AvgIpc) is 2.48. The van der Waals surface area contributed by atoms with Crippen LogP contribution in [0, 0.1) is 5.82 Å². The Morgan fingerprint density at radius 3 is 2.95 bits per heavy atom. The molecule has 0 saturated carbocycles. The van der Waals surface area contributed by atoms with E-state index in [9.17, 15) is 9.50 Å². The van der Waals surface area contributed by atoms with E-state index in [2.05, 4.69) is 5.32 Å². The molecule has 2 rings (SSSR count). The van der Waals surface area contributed by atoms with Gasteiger partial charge in [-0.25, -0.2) is 4.39 Å². The fourth-order valence-electron chi connectivity index (χ4n) is 2.59. The molecule has 1 heterocycles. The van der Waals surface area contributed by atoms with Gasteiger partial charge in [0, 0.05) is 19.5 Å². The molecule has 1 aromatic carbocycles. The SMILES string of the molecule is CCC(O)(Cc1cc(F)ccc1OC)C1CNCCO1. The summed E-state index contributed by atoms with van der Waals surface area (Å²) in [6, 6.07) is 4.35. The second-order valence-electron chi connectivity index (χ2n) is 5.15. The van der Waals surface area contributed by atoms with Gasteiger partial charge in [-0.2, -0.15) is 0 Å². The van der Waals surface area contributed by atoms with Crippen molar-refractivity contribution in [3.05, 3.63) is 29.6 Å². The Bertz CT molecular complexity index is 449. The van der Waals surface area contributed by atoms with E-state index in [1.54, 1.807) is 13.2 Å². The number of aliphatic hydroxyl groups is 1. The van der Waals surface area contributed by atoms with Crippen molar-refractivity contribution < 1.29 is 19.0 Å². The highest BCUT2D eigenvalue weighted by molar-refractivity contribution is 5.35. The molecule has 0 bridgehead atoms.